The molecule has 0 saturated heterocycles. The van der Waals surface area contributed by atoms with Crippen LogP contribution in [0.1, 0.15) is 30.6 Å². The Labute approximate surface area is 120 Å². The Kier molecular flexibility index (Phi) is 4.82. The first kappa shape index (κ1) is 14.3. The highest BCUT2D eigenvalue weighted by molar-refractivity contribution is 7.16. The summed E-state index contributed by atoms with van der Waals surface area (Å²) >= 11 is 7.27. The second kappa shape index (κ2) is 6.39. The third-order valence-corrected chi connectivity index (χ3v) is 4.74. The second-order valence-corrected chi connectivity index (χ2v) is 6.61. The SMILES string of the molecule is O=C(O)C1CCC(C(=O)NCc2ccc(Cl)s2)CC1. The van der Waals surface area contributed by atoms with Crippen molar-refractivity contribution in [3.63, 3.8) is 0 Å². The van der Waals surface area contributed by atoms with Gasteiger partial charge in [-0.3, -0.25) is 9.59 Å². The number of nitrogens with one attached hydrogen (secondary N) is 1. The van der Waals surface area contributed by atoms with Gasteiger partial charge in [-0.05, 0) is 37.8 Å². The molecule has 0 unspecified atom stereocenters. The zero-order valence-corrected chi connectivity index (χ0v) is 12.0. The fraction of sp³-hybridized carbons (Fsp3) is 0.538. The molecule has 1 aliphatic rings. The lowest BCUT2D eigenvalue weighted by Gasteiger charge is -2.25. The van der Waals surface area contributed by atoms with E-state index in [-0.39, 0.29) is 17.7 Å². The molecule has 0 spiro atoms. The summed E-state index contributed by atoms with van der Waals surface area (Å²) in [4.78, 5) is 23.8. The minimum absolute atomic E-state index is 0.0216. The van der Waals surface area contributed by atoms with Crippen LogP contribution in [-0.4, -0.2) is 17.0 Å². The van der Waals surface area contributed by atoms with E-state index in [9.17, 15) is 9.59 Å². The number of aliphatic carboxylic acids is 1. The third-order valence-electron chi connectivity index (χ3n) is 3.51. The van der Waals surface area contributed by atoms with Crippen molar-refractivity contribution in [1.82, 2.24) is 5.32 Å². The van der Waals surface area contributed by atoms with Crippen molar-refractivity contribution in [1.29, 1.82) is 0 Å². The number of halogens is 1. The number of hydrogen-bond donors (Lipinski definition) is 2. The number of rotatable bonds is 4. The van der Waals surface area contributed by atoms with Crippen LogP contribution in [0.15, 0.2) is 12.1 Å². The summed E-state index contributed by atoms with van der Waals surface area (Å²) in [6.07, 6.45) is 2.51. The van der Waals surface area contributed by atoms with Gasteiger partial charge < -0.3 is 10.4 Å². The predicted molar refractivity (Wildman–Crippen MR) is 74.3 cm³/mol. The molecule has 2 rings (SSSR count). The molecule has 2 N–H and O–H groups in total. The van der Waals surface area contributed by atoms with Crippen LogP contribution in [0, 0.1) is 11.8 Å². The van der Waals surface area contributed by atoms with Crippen LogP contribution in [-0.2, 0) is 16.1 Å². The van der Waals surface area contributed by atoms with Crippen molar-refractivity contribution in [2.75, 3.05) is 0 Å². The molecule has 0 atom stereocenters. The van der Waals surface area contributed by atoms with E-state index >= 15 is 0 Å². The Morgan fingerprint density at radius 1 is 1.26 bits per heavy atom. The Bertz CT molecular complexity index is 466. The predicted octanol–water partition coefficient (Wildman–Crippen LogP) is 2.91. The second-order valence-electron chi connectivity index (χ2n) is 4.81. The summed E-state index contributed by atoms with van der Waals surface area (Å²) in [6, 6.07) is 3.71. The molecule has 19 heavy (non-hydrogen) atoms. The number of carboxylic acid groups (broad SMARTS) is 1. The van der Waals surface area contributed by atoms with Gasteiger partial charge in [0, 0.05) is 10.8 Å². The molecule has 104 valence electrons. The average molecular weight is 302 g/mol. The standard InChI is InChI=1S/C13H16ClNO3S/c14-11-6-5-10(19-11)7-15-12(16)8-1-3-9(4-2-8)13(17)18/h5-6,8-9H,1-4,7H2,(H,15,16)(H,17,18). The molecule has 1 aromatic rings. The number of amides is 1. The van der Waals surface area contributed by atoms with Crippen molar-refractivity contribution >= 4 is 34.8 Å². The van der Waals surface area contributed by atoms with Gasteiger partial charge in [-0.2, -0.15) is 0 Å². The van der Waals surface area contributed by atoms with E-state index in [1.807, 2.05) is 12.1 Å². The lowest BCUT2D eigenvalue weighted by Crippen LogP contribution is -2.33. The van der Waals surface area contributed by atoms with Crippen LogP contribution in [0.2, 0.25) is 4.34 Å². The van der Waals surface area contributed by atoms with Crippen molar-refractivity contribution in [2.45, 2.75) is 32.2 Å². The number of hydrogen-bond acceptors (Lipinski definition) is 3. The topological polar surface area (TPSA) is 66.4 Å². The van der Waals surface area contributed by atoms with Gasteiger partial charge in [-0.15, -0.1) is 11.3 Å². The molecule has 1 fully saturated rings. The van der Waals surface area contributed by atoms with Crippen LogP contribution in [0.5, 0.6) is 0 Å². The molecule has 0 radical (unpaired) electrons. The highest BCUT2D eigenvalue weighted by atomic mass is 35.5. The summed E-state index contributed by atoms with van der Waals surface area (Å²) in [5.41, 5.74) is 0. The van der Waals surface area contributed by atoms with Crippen LogP contribution >= 0.6 is 22.9 Å². The van der Waals surface area contributed by atoms with E-state index < -0.39 is 5.97 Å². The van der Waals surface area contributed by atoms with Gasteiger partial charge in [-0.25, -0.2) is 0 Å². The first-order valence-corrected chi connectivity index (χ1v) is 7.50. The van der Waals surface area contributed by atoms with Crippen LogP contribution in [0.4, 0.5) is 0 Å². The van der Waals surface area contributed by atoms with Gasteiger partial charge in [0.1, 0.15) is 0 Å². The Balaban J connectivity index is 1.77. The number of thiophene rings is 1. The van der Waals surface area contributed by atoms with Gasteiger partial charge in [-0.1, -0.05) is 11.6 Å². The highest BCUT2D eigenvalue weighted by Gasteiger charge is 2.29. The molecule has 1 saturated carbocycles. The zero-order chi connectivity index (χ0) is 13.8. The van der Waals surface area contributed by atoms with Crippen LogP contribution < -0.4 is 5.32 Å². The van der Waals surface area contributed by atoms with Gasteiger partial charge >= 0.3 is 5.97 Å². The Morgan fingerprint density at radius 3 is 2.42 bits per heavy atom. The summed E-state index contributed by atoms with van der Waals surface area (Å²) in [5.74, 6) is -1.05. The van der Waals surface area contributed by atoms with E-state index in [2.05, 4.69) is 5.32 Å². The van der Waals surface area contributed by atoms with E-state index in [0.717, 1.165) is 4.88 Å². The molecular weight excluding hydrogens is 286 g/mol. The molecule has 1 aromatic heterocycles. The maximum absolute atomic E-state index is 12.0. The fourth-order valence-electron chi connectivity index (χ4n) is 2.37. The normalized spacial score (nSPS) is 23.0. The molecule has 1 heterocycles. The van der Waals surface area contributed by atoms with Crippen LogP contribution in [0.25, 0.3) is 0 Å². The summed E-state index contributed by atoms with van der Waals surface area (Å²) in [5, 5.41) is 11.8. The van der Waals surface area contributed by atoms with Crippen LogP contribution in [0.3, 0.4) is 0 Å². The van der Waals surface area contributed by atoms with Crippen molar-refractivity contribution in [2.24, 2.45) is 11.8 Å². The van der Waals surface area contributed by atoms with E-state index in [0.29, 0.717) is 36.6 Å². The van der Waals surface area contributed by atoms with Crippen molar-refractivity contribution < 1.29 is 14.7 Å². The smallest absolute Gasteiger partial charge is 0.306 e. The third kappa shape index (κ3) is 3.94. The first-order valence-electron chi connectivity index (χ1n) is 6.31. The molecule has 1 aliphatic carbocycles. The number of carboxylic acids is 1. The summed E-state index contributed by atoms with van der Waals surface area (Å²) < 4.78 is 0.714. The summed E-state index contributed by atoms with van der Waals surface area (Å²) in [6.45, 7) is 0.495. The van der Waals surface area contributed by atoms with Crippen molar-refractivity contribution in [3.05, 3.63) is 21.3 Å². The monoisotopic (exact) mass is 301 g/mol. The maximum atomic E-state index is 12.0. The van der Waals surface area contributed by atoms with E-state index in [1.165, 1.54) is 11.3 Å². The molecule has 6 heteroatoms. The van der Waals surface area contributed by atoms with E-state index in [1.54, 1.807) is 0 Å². The Morgan fingerprint density at radius 2 is 1.89 bits per heavy atom. The lowest BCUT2D eigenvalue weighted by atomic mass is 9.81. The molecule has 0 aromatic carbocycles. The minimum atomic E-state index is -0.743. The molecule has 0 bridgehead atoms. The molecule has 0 aliphatic heterocycles. The van der Waals surface area contributed by atoms with E-state index in [4.69, 9.17) is 16.7 Å². The van der Waals surface area contributed by atoms with Gasteiger partial charge in [0.25, 0.3) is 0 Å². The summed E-state index contributed by atoms with van der Waals surface area (Å²) in [7, 11) is 0. The lowest BCUT2D eigenvalue weighted by molar-refractivity contribution is -0.144. The van der Waals surface area contributed by atoms with Crippen molar-refractivity contribution in [3.8, 4) is 0 Å². The zero-order valence-electron chi connectivity index (χ0n) is 10.4. The molecule has 1 amide bonds. The first-order chi connectivity index (χ1) is 9.06. The molecular formula is C13H16ClNO3S. The quantitative estimate of drug-likeness (QED) is 0.898. The Hall–Kier alpha value is -1.07. The fourth-order valence-corrected chi connectivity index (χ4v) is 3.40. The number of carbonyl (C=O) groups is 2. The van der Waals surface area contributed by atoms with Gasteiger partial charge in [0.05, 0.1) is 16.8 Å². The highest BCUT2D eigenvalue weighted by Crippen LogP contribution is 2.29. The van der Waals surface area contributed by atoms with Gasteiger partial charge in [0.2, 0.25) is 5.91 Å². The molecule has 4 nitrogen and oxygen atoms in total. The number of carbonyl (C=O) groups excluding carboxylic acids is 1. The largest absolute Gasteiger partial charge is 0.481 e. The minimum Gasteiger partial charge on any atom is -0.481 e. The van der Waals surface area contributed by atoms with Gasteiger partial charge in [0.15, 0.2) is 0 Å². The average Bonchev–Trinajstić information content (AvgIpc) is 2.82. The maximum Gasteiger partial charge on any atom is 0.306 e.